The third kappa shape index (κ3) is 1.42. The molecule has 5 heteroatoms. The normalized spacial score (nSPS) is 11.5. The van der Waals surface area contributed by atoms with E-state index in [9.17, 15) is 0 Å². The Morgan fingerprint density at radius 3 is 2.67 bits per heavy atom. The second-order valence-corrected chi connectivity index (χ2v) is 4.61. The summed E-state index contributed by atoms with van der Waals surface area (Å²) in [5, 5.41) is 0.906. The molecule has 0 amide bonds. The smallest absolute Gasteiger partial charge is 0.147 e. The summed E-state index contributed by atoms with van der Waals surface area (Å²) in [5.41, 5.74) is 7.87. The maximum atomic E-state index is 5.84. The van der Waals surface area contributed by atoms with Crippen molar-refractivity contribution in [1.82, 2.24) is 14.5 Å². The fourth-order valence-corrected chi connectivity index (χ4v) is 2.43. The van der Waals surface area contributed by atoms with Gasteiger partial charge in [0.25, 0.3) is 0 Å². The number of rotatable bonds is 1. The Hall–Kier alpha value is -1.10. The van der Waals surface area contributed by atoms with Gasteiger partial charge in [-0.1, -0.05) is 0 Å². The summed E-state index contributed by atoms with van der Waals surface area (Å²) in [6.07, 6.45) is 1.50. The summed E-state index contributed by atoms with van der Waals surface area (Å²) in [6.45, 7) is 6.29. The molecule has 0 aliphatic carbocycles. The Morgan fingerprint density at radius 2 is 2.07 bits per heavy atom. The van der Waals surface area contributed by atoms with Gasteiger partial charge < -0.3 is 10.3 Å². The minimum atomic E-state index is 0.355. The van der Waals surface area contributed by atoms with Crippen molar-refractivity contribution in [3.8, 4) is 0 Å². The molecule has 0 aliphatic heterocycles. The number of fused-ring (bicyclic) bond motifs is 1. The summed E-state index contributed by atoms with van der Waals surface area (Å²) in [7, 11) is 0. The van der Waals surface area contributed by atoms with Crippen LogP contribution in [-0.4, -0.2) is 14.5 Å². The largest absolute Gasteiger partial charge is 0.383 e. The molecule has 2 aromatic rings. The predicted octanol–water partition coefficient (Wildman–Crippen LogP) is 2.67. The van der Waals surface area contributed by atoms with Gasteiger partial charge in [0.1, 0.15) is 17.8 Å². The van der Waals surface area contributed by atoms with Crippen LogP contribution in [0, 0.1) is 6.92 Å². The van der Waals surface area contributed by atoms with Gasteiger partial charge in [0.15, 0.2) is 0 Å². The van der Waals surface area contributed by atoms with Gasteiger partial charge >= 0.3 is 0 Å². The Bertz CT molecular complexity index is 516. The van der Waals surface area contributed by atoms with Crippen molar-refractivity contribution in [3.05, 3.63) is 16.5 Å². The van der Waals surface area contributed by atoms with Crippen molar-refractivity contribution in [2.75, 3.05) is 5.73 Å². The topological polar surface area (TPSA) is 56.7 Å². The van der Waals surface area contributed by atoms with Crippen LogP contribution in [0.15, 0.2) is 10.8 Å². The van der Waals surface area contributed by atoms with E-state index >= 15 is 0 Å². The first-order valence-corrected chi connectivity index (χ1v) is 5.59. The van der Waals surface area contributed by atoms with E-state index in [2.05, 4.69) is 44.3 Å². The lowest BCUT2D eigenvalue weighted by molar-refractivity contribution is 0.602. The van der Waals surface area contributed by atoms with E-state index in [-0.39, 0.29) is 0 Å². The van der Waals surface area contributed by atoms with Gasteiger partial charge in [-0.3, -0.25) is 0 Å². The van der Waals surface area contributed by atoms with E-state index in [0.29, 0.717) is 11.9 Å². The highest BCUT2D eigenvalue weighted by Crippen LogP contribution is 2.34. The molecule has 0 saturated carbocycles. The van der Waals surface area contributed by atoms with E-state index < -0.39 is 0 Å². The lowest BCUT2D eigenvalue weighted by Gasteiger charge is -2.11. The molecule has 0 fully saturated rings. The van der Waals surface area contributed by atoms with Gasteiger partial charge in [-0.15, -0.1) is 0 Å². The van der Waals surface area contributed by atoms with Crippen molar-refractivity contribution >= 4 is 32.8 Å². The standard InChI is InChI=1S/C10H13BrN4/c1-5(2)15-6(3)8(11)7-9(12)13-4-14-10(7)15/h4-5H,1-3H3,(H2,12,13,14). The minimum absolute atomic E-state index is 0.355. The van der Waals surface area contributed by atoms with Gasteiger partial charge in [-0.2, -0.15) is 0 Å². The monoisotopic (exact) mass is 268 g/mol. The van der Waals surface area contributed by atoms with Gasteiger partial charge in [-0.25, -0.2) is 9.97 Å². The highest BCUT2D eigenvalue weighted by atomic mass is 79.9. The van der Waals surface area contributed by atoms with Crippen LogP contribution >= 0.6 is 15.9 Å². The first-order valence-electron chi connectivity index (χ1n) is 4.80. The molecule has 2 aromatic heterocycles. The molecule has 0 atom stereocenters. The van der Waals surface area contributed by atoms with Crippen LogP contribution in [0.2, 0.25) is 0 Å². The van der Waals surface area contributed by atoms with Crippen molar-refractivity contribution < 1.29 is 0 Å². The third-order valence-electron chi connectivity index (χ3n) is 2.50. The van der Waals surface area contributed by atoms with Crippen LogP contribution < -0.4 is 5.73 Å². The van der Waals surface area contributed by atoms with Crippen LogP contribution in [0.3, 0.4) is 0 Å². The molecule has 0 unspecified atom stereocenters. The van der Waals surface area contributed by atoms with Crippen molar-refractivity contribution in [1.29, 1.82) is 0 Å². The lowest BCUT2D eigenvalue weighted by atomic mass is 10.3. The second-order valence-electron chi connectivity index (χ2n) is 3.82. The number of anilines is 1. The molecule has 0 aliphatic rings. The molecule has 80 valence electrons. The molecule has 4 nitrogen and oxygen atoms in total. The number of nitrogens with two attached hydrogens (primary N) is 1. The highest BCUT2D eigenvalue weighted by Gasteiger charge is 2.17. The SMILES string of the molecule is Cc1c(Br)c2c(N)ncnc2n1C(C)C. The molecule has 0 bridgehead atoms. The fraction of sp³-hybridized carbons (Fsp3) is 0.400. The van der Waals surface area contributed by atoms with Gasteiger partial charge in [0.2, 0.25) is 0 Å². The number of nitrogen functional groups attached to an aromatic ring is 1. The first-order chi connectivity index (χ1) is 7.04. The number of halogens is 1. The van der Waals surface area contributed by atoms with E-state index in [1.807, 2.05) is 6.92 Å². The average molecular weight is 269 g/mol. The zero-order chi connectivity index (χ0) is 11.2. The fourth-order valence-electron chi connectivity index (χ4n) is 1.86. The van der Waals surface area contributed by atoms with Crippen LogP contribution in [0.25, 0.3) is 11.0 Å². The maximum Gasteiger partial charge on any atom is 0.147 e. The molecule has 2 N–H and O–H groups in total. The van der Waals surface area contributed by atoms with Crippen molar-refractivity contribution in [3.63, 3.8) is 0 Å². The van der Waals surface area contributed by atoms with Crippen molar-refractivity contribution in [2.24, 2.45) is 0 Å². The van der Waals surface area contributed by atoms with Gasteiger partial charge in [-0.05, 0) is 36.7 Å². The Kier molecular flexibility index (Phi) is 2.42. The summed E-state index contributed by atoms with van der Waals surface area (Å²) < 4.78 is 3.14. The molecule has 0 aromatic carbocycles. The summed E-state index contributed by atoms with van der Waals surface area (Å²) in [4.78, 5) is 8.29. The van der Waals surface area contributed by atoms with E-state index in [1.165, 1.54) is 6.33 Å². The number of hydrogen-bond donors (Lipinski definition) is 1. The first kappa shape index (κ1) is 10.4. The van der Waals surface area contributed by atoms with Crippen LogP contribution in [0.1, 0.15) is 25.6 Å². The van der Waals surface area contributed by atoms with Gasteiger partial charge in [0.05, 0.1) is 9.86 Å². The molecule has 15 heavy (non-hydrogen) atoms. The molecule has 0 radical (unpaired) electrons. The highest BCUT2D eigenvalue weighted by molar-refractivity contribution is 9.10. The van der Waals surface area contributed by atoms with E-state index in [4.69, 9.17) is 5.73 Å². The van der Waals surface area contributed by atoms with E-state index in [1.54, 1.807) is 0 Å². The van der Waals surface area contributed by atoms with E-state index in [0.717, 1.165) is 21.2 Å². The van der Waals surface area contributed by atoms with Gasteiger partial charge in [0, 0.05) is 11.7 Å². The Labute approximate surface area is 96.6 Å². The molecule has 0 spiro atoms. The number of hydrogen-bond acceptors (Lipinski definition) is 3. The lowest BCUT2D eigenvalue weighted by Crippen LogP contribution is -2.04. The van der Waals surface area contributed by atoms with Crippen molar-refractivity contribution in [2.45, 2.75) is 26.8 Å². The maximum absolute atomic E-state index is 5.84. The predicted molar refractivity (Wildman–Crippen MR) is 64.8 cm³/mol. The van der Waals surface area contributed by atoms with Crippen LogP contribution in [-0.2, 0) is 0 Å². The Balaban J connectivity index is 2.94. The molecule has 2 rings (SSSR count). The van der Waals surface area contributed by atoms with Crippen LogP contribution in [0.4, 0.5) is 5.82 Å². The summed E-state index contributed by atoms with van der Waals surface area (Å²) >= 11 is 3.54. The minimum Gasteiger partial charge on any atom is -0.383 e. The molecule has 0 saturated heterocycles. The molecular weight excluding hydrogens is 256 g/mol. The zero-order valence-corrected chi connectivity index (χ0v) is 10.5. The third-order valence-corrected chi connectivity index (χ3v) is 3.47. The molecular formula is C10H13BrN4. The molecule has 2 heterocycles. The quantitative estimate of drug-likeness (QED) is 0.865. The average Bonchev–Trinajstić information content (AvgIpc) is 2.41. The van der Waals surface area contributed by atoms with Crippen LogP contribution in [0.5, 0.6) is 0 Å². The zero-order valence-electron chi connectivity index (χ0n) is 8.95. The Morgan fingerprint density at radius 1 is 1.40 bits per heavy atom. The summed E-state index contributed by atoms with van der Waals surface area (Å²) in [5.74, 6) is 0.523. The number of nitrogens with zero attached hydrogens (tertiary/aromatic N) is 3. The second kappa shape index (κ2) is 3.48. The summed E-state index contributed by atoms with van der Waals surface area (Å²) in [6, 6.07) is 0.355. The number of aromatic nitrogens is 3.